The first-order chi connectivity index (χ1) is 14.6. The minimum atomic E-state index is -0.664. The summed E-state index contributed by atoms with van der Waals surface area (Å²) in [7, 11) is 1.51. The van der Waals surface area contributed by atoms with Gasteiger partial charge in [0.05, 0.1) is 7.11 Å². The van der Waals surface area contributed by atoms with Crippen molar-refractivity contribution < 1.29 is 23.9 Å². The zero-order chi connectivity index (χ0) is 21.3. The Morgan fingerprint density at radius 3 is 2.40 bits per heavy atom. The van der Waals surface area contributed by atoms with E-state index in [-0.39, 0.29) is 19.1 Å². The Hall–Kier alpha value is -3.55. The predicted molar refractivity (Wildman–Crippen MR) is 112 cm³/mol. The van der Waals surface area contributed by atoms with Crippen LogP contribution in [0.5, 0.6) is 5.75 Å². The second-order valence-electron chi connectivity index (χ2n) is 6.78. The van der Waals surface area contributed by atoms with Crippen molar-refractivity contribution in [3.05, 3.63) is 60.2 Å². The quantitative estimate of drug-likeness (QED) is 0.692. The van der Waals surface area contributed by atoms with E-state index in [4.69, 9.17) is 9.47 Å². The van der Waals surface area contributed by atoms with Gasteiger partial charge in [-0.2, -0.15) is 0 Å². The van der Waals surface area contributed by atoms with Crippen LogP contribution in [-0.4, -0.2) is 69.1 Å². The highest BCUT2D eigenvalue weighted by atomic mass is 16.5. The number of rotatable bonds is 7. The van der Waals surface area contributed by atoms with E-state index in [2.05, 4.69) is 10.2 Å². The molecule has 8 heteroatoms. The van der Waals surface area contributed by atoms with Gasteiger partial charge in [0.1, 0.15) is 12.3 Å². The first-order valence-electron chi connectivity index (χ1n) is 9.72. The monoisotopic (exact) mass is 411 g/mol. The van der Waals surface area contributed by atoms with E-state index in [9.17, 15) is 14.4 Å². The highest BCUT2D eigenvalue weighted by molar-refractivity contribution is 5.96. The lowest BCUT2D eigenvalue weighted by Crippen LogP contribution is -2.50. The summed E-state index contributed by atoms with van der Waals surface area (Å²) < 4.78 is 10.1. The molecular weight excluding hydrogens is 386 g/mol. The first-order valence-corrected chi connectivity index (χ1v) is 9.72. The van der Waals surface area contributed by atoms with Gasteiger partial charge in [-0.25, -0.2) is 0 Å². The molecule has 0 aliphatic carbocycles. The summed E-state index contributed by atoms with van der Waals surface area (Å²) in [5.74, 6) is -0.782. The van der Waals surface area contributed by atoms with Crippen molar-refractivity contribution >= 4 is 23.5 Å². The van der Waals surface area contributed by atoms with Gasteiger partial charge in [-0.05, 0) is 30.3 Å². The van der Waals surface area contributed by atoms with E-state index in [0.717, 1.165) is 18.8 Å². The molecule has 1 fully saturated rings. The van der Waals surface area contributed by atoms with Crippen LogP contribution in [0.15, 0.2) is 54.6 Å². The van der Waals surface area contributed by atoms with Gasteiger partial charge in [-0.3, -0.25) is 14.4 Å². The van der Waals surface area contributed by atoms with Crippen molar-refractivity contribution in [3.63, 3.8) is 0 Å². The van der Waals surface area contributed by atoms with Gasteiger partial charge >= 0.3 is 5.97 Å². The van der Waals surface area contributed by atoms with E-state index in [1.165, 1.54) is 7.11 Å². The largest absolute Gasteiger partial charge is 0.497 e. The molecule has 1 aliphatic heterocycles. The number of ether oxygens (including phenoxy) is 2. The SMILES string of the molecule is COc1cccc(C(=O)NCC(=O)OCC(=O)N2CCN(c3ccccc3)CC2)c1. The van der Waals surface area contributed by atoms with Crippen molar-refractivity contribution in [1.29, 1.82) is 0 Å². The molecule has 158 valence electrons. The van der Waals surface area contributed by atoms with Crippen LogP contribution in [0.25, 0.3) is 0 Å². The second-order valence-corrected chi connectivity index (χ2v) is 6.78. The molecule has 0 radical (unpaired) electrons. The Morgan fingerprint density at radius 1 is 0.967 bits per heavy atom. The molecule has 30 heavy (non-hydrogen) atoms. The Kier molecular flexibility index (Phi) is 7.26. The Bertz CT molecular complexity index is 879. The van der Waals surface area contributed by atoms with Gasteiger partial charge in [0, 0.05) is 37.4 Å². The maximum absolute atomic E-state index is 12.3. The summed E-state index contributed by atoms with van der Waals surface area (Å²) in [6.45, 7) is 1.93. The van der Waals surface area contributed by atoms with Crippen molar-refractivity contribution in [3.8, 4) is 5.75 Å². The van der Waals surface area contributed by atoms with Crippen LogP contribution in [0.3, 0.4) is 0 Å². The number of hydrogen-bond donors (Lipinski definition) is 1. The fourth-order valence-corrected chi connectivity index (χ4v) is 3.16. The fraction of sp³-hybridized carbons (Fsp3) is 0.318. The summed E-state index contributed by atoms with van der Waals surface area (Å²) in [6, 6.07) is 16.6. The fourth-order valence-electron chi connectivity index (χ4n) is 3.16. The number of carbonyl (C=O) groups excluding carboxylic acids is 3. The van der Waals surface area contributed by atoms with E-state index >= 15 is 0 Å². The number of hydrogen-bond acceptors (Lipinski definition) is 6. The number of piperazine rings is 1. The Morgan fingerprint density at radius 2 is 1.70 bits per heavy atom. The average Bonchev–Trinajstić information content (AvgIpc) is 2.81. The lowest BCUT2D eigenvalue weighted by molar-refractivity contribution is -0.151. The number of methoxy groups -OCH3 is 1. The third-order valence-electron chi connectivity index (χ3n) is 4.84. The average molecular weight is 411 g/mol. The summed E-state index contributed by atoms with van der Waals surface area (Å²) in [5, 5.41) is 2.48. The molecule has 8 nitrogen and oxygen atoms in total. The van der Waals surface area contributed by atoms with Crippen molar-refractivity contribution in [2.24, 2.45) is 0 Å². The molecule has 1 aliphatic rings. The molecule has 0 spiro atoms. The van der Waals surface area contributed by atoms with Crippen LogP contribution in [0.1, 0.15) is 10.4 Å². The van der Waals surface area contributed by atoms with E-state index in [1.807, 2.05) is 30.3 Å². The highest BCUT2D eigenvalue weighted by Gasteiger charge is 2.22. The van der Waals surface area contributed by atoms with Crippen LogP contribution < -0.4 is 15.0 Å². The van der Waals surface area contributed by atoms with Gasteiger partial charge in [0.2, 0.25) is 0 Å². The summed E-state index contributed by atoms with van der Waals surface area (Å²) in [5.41, 5.74) is 1.50. The lowest BCUT2D eigenvalue weighted by atomic mass is 10.2. The standard InChI is InChI=1S/C22H25N3O5/c1-29-19-9-5-6-17(14-19)22(28)23-15-21(27)30-16-20(26)25-12-10-24(11-13-25)18-7-3-2-4-8-18/h2-9,14H,10-13,15-16H2,1H3,(H,23,28). The summed E-state index contributed by atoms with van der Waals surface area (Å²) in [4.78, 5) is 40.2. The third-order valence-corrected chi connectivity index (χ3v) is 4.84. The lowest BCUT2D eigenvalue weighted by Gasteiger charge is -2.36. The smallest absolute Gasteiger partial charge is 0.325 e. The molecule has 2 amide bonds. The first kappa shape index (κ1) is 21.2. The van der Waals surface area contributed by atoms with Gasteiger partial charge in [-0.1, -0.05) is 24.3 Å². The zero-order valence-electron chi connectivity index (χ0n) is 16.9. The highest BCUT2D eigenvalue weighted by Crippen LogP contribution is 2.15. The maximum Gasteiger partial charge on any atom is 0.325 e. The molecule has 1 heterocycles. The van der Waals surface area contributed by atoms with Crippen LogP contribution in [0.4, 0.5) is 5.69 Å². The van der Waals surface area contributed by atoms with Gasteiger partial charge in [-0.15, -0.1) is 0 Å². The number of nitrogens with one attached hydrogen (secondary N) is 1. The molecular formula is C22H25N3O5. The molecule has 0 aromatic heterocycles. The molecule has 1 saturated heterocycles. The number of esters is 1. The molecule has 3 rings (SSSR count). The molecule has 0 unspecified atom stereocenters. The molecule has 2 aromatic rings. The number of amides is 2. The number of carbonyl (C=O) groups is 3. The van der Waals surface area contributed by atoms with E-state index in [0.29, 0.717) is 24.4 Å². The minimum Gasteiger partial charge on any atom is -0.497 e. The third kappa shape index (κ3) is 5.73. The number of nitrogens with zero attached hydrogens (tertiary/aromatic N) is 2. The minimum absolute atomic E-state index is 0.241. The molecule has 2 aromatic carbocycles. The number of benzene rings is 2. The van der Waals surface area contributed by atoms with Crippen molar-refractivity contribution in [2.45, 2.75) is 0 Å². The normalized spacial score (nSPS) is 13.5. The van der Waals surface area contributed by atoms with E-state index < -0.39 is 11.9 Å². The summed E-state index contributed by atoms with van der Waals surface area (Å²) >= 11 is 0. The topological polar surface area (TPSA) is 88.2 Å². The molecule has 0 saturated carbocycles. The van der Waals surface area contributed by atoms with E-state index in [1.54, 1.807) is 29.2 Å². The molecule has 0 bridgehead atoms. The number of anilines is 1. The van der Waals surface area contributed by atoms with Gasteiger partial charge < -0.3 is 24.6 Å². The summed E-state index contributed by atoms with van der Waals surface area (Å²) in [6.07, 6.45) is 0. The second kappa shape index (κ2) is 10.3. The Balaban J connectivity index is 1.37. The number of para-hydroxylation sites is 1. The maximum atomic E-state index is 12.3. The molecule has 0 atom stereocenters. The van der Waals surface area contributed by atoms with Crippen LogP contribution in [-0.2, 0) is 14.3 Å². The van der Waals surface area contributed by atoms with Crippen LogP contribution >= 0.6 is 0 Å². The van der Waals surface area contributed by atoms with Crippen molar-refractivity contribution in [1.82, 2.24) is 10.2 Å². The molecule has 1 N–H and O–H groups in total. The van der Waals surface area contributed by atoms with Gasteiger partial charge in [0.25, 0.3) is 11.8 Å². The predicted octanol–water partition coefficient (Wildman–Crippen LogP) is 1.32. The Labute approximate surface area is 175 Å². The van der Waals surface area contributed by atoms with Gasteiger partial charge in [0.15, 0.2) is 6.61 Å². The van der Waals surface area contributed by atoms with Crippen molar-refractivity contribution in [2.75, 3.05) is 51.3 Å². The van der Waals surface area contributed by atoms with Crippen LogP contribution in [0, 0.1) is 0 Å². The zero-order valence-corrected chi connectivity index (χ0v) is 16.9. The van der Waals surface area contributed by atoms with Crippen LogP contribution in [0.2, 0.25) is 0 Å².